The Labute approximate surface area is 139 Å². The summed E-state index contributed by atoms with van der Waals surface area (Å²) in [7, 11) is 0. The Morgan fingerprint density at radius 3 is 2.61 bits per heavy atom. The quantitative estimate of drug-likeness (QED) is 0.800. The maximum Gasteiger partial charge on any atom is 0.410 e. The third kappa shape index (κ3) is 3.55. The molecule has 2 aromatic heterocycles. The predicted octanol–water partition coefficient (Wildman–Crippen LogP) is 2.89. The molecule has 2 aromatic rings. The van der Waals surface area contributed by atoms with Crippen LogP contribution >= 0.6 is 11.6 Å². The summed E-state index contributed by atoms with van der Waals surface area (Å²) in [6.07, 6.45) is 1.34. The Hall–Kier alpha value is -1.89. The molecule has 1 aliphatic heterocycles. The molecule has 1 fully saturated rings. The van der Waals surface area contributed by atoms with Crippen molar-refractivity contribution in [3.63, 3.8) is 0 Å². The number of fused-ring (bicyclic) bond motifs is 1. The minimum atomic E-state index is -0.474. The number of amides is 1. The van der Waals surface area contributed by atoms with Gasteiger partial charge in [0.15, 0.2) is 11.5 Å². The SMILES string of the molecule is CC(C)(C)OC(=O)N1CCC(c2nnc3ccc(Cl)nn23)CC1. The lowest BCUT2D eigenvalue weighted by Gasteiger charge is -2.32. The third-order valence-electron chi connectivity index (χ3n) is 3.77. The highest BCUT2D eigenvalue weighted by atomic mass is 35.5. The molecule has 0 aliphatic carbocycles. The molecular formula is C15H20ClN5O2. The van der Waals surface area contributed by atoms with Crippen LogP contribution in [0.4, 0.5) is 4.79 Å². The van der Waals surface area contributed by atoms with Crippen molar-refractivity contribution >= 4 is 23.3 Å². The lowest BCUT2D eigenvalue weighted by molar-refractivity contribution is 0.0203. The predicted molar refractivity (Wildman–Crippen MR) is 85.6 cm³/mol. The van der Waals surface area contributed by atoms with Crippen LogP contribution in [0, 0.1) is 0 Å². The summed E-state index contributed by atoms with van der Waals surface area (Å²) in [6.45, 7) is 6.88. The van der Waals surface area contributed by atoms with Crippen LogP contribution < -0.4 is 0 Å². The van der Waals surface area contributed by atoms with Crippen molar-refractivity contribution in [3.8, 4) is 0 Å². The van der Waals surface area contributed by atoms with E-state index in [1.807, 2.05) is 20.8 Å². The maximum atomic E-state index is 12.1. The van der Waals surface area contributed by atoms with E-state index >= 15 is 0 Å². The molecule has 124 valence electrons. The molecular weight excluding hydrogens is 318 g/mol. The number of ether oxygens (including phenoxy) is 1. The fraction of sp³-hybridized carbons (Fsp3) is 0.600. The van der Waals surface area contributed by atoms with E-state index in [4.69, 9.17) is 16.3 Å². The van der Waals surface area contributed by atoms with Crippen molar-refractivity contribution < 1.29 is 9.53 Å². The Morgan fingerprint density at radius 2 is 1.96 bits per heavy atom. The molecule has 0 unspecified atom stereocenters. The molecule has 0 atom stereocenters. The van der Waals surface area contributed by atoms with Crippen LogP contribution in [0.5, 0.6) is 0 Å². The van der Waals surface area contributed by atoms with Crippen LogP contribution in [-0.4, -0.2) is 49.5 Å². The van der Waals surface area contributed by atoms with Gasteiger partial charge < -0.3 is 9.64 Å². The fourth-order valence-corrected chi connectivity index (χ4v) is 2.82. The second-order valence-corrected chi connectivity index (χ2v) is 7.11. The van der Waals surface area contributed by atoms with Gasteiger partial charge in [-0.2, -0.15) is 9.61 Å². The first-order chi connectivity index (χ1) is 10.8. The summed E-state index contributed by atoms with van der Waals surface area (Å²) < 4.78 is 7.10. The molecule has 8 heteroatoms. The van der Waals surface area contributed by atoms with Gasteiger partial charge in [0.1, 0.15) is 10.8 Å². The van der Waals surface area contributed by atoms with Gasteiger partial charge in [-0.1, -0.05) is 11.6 Å². The standard InChI is InChI=1S/C15H20ClN5O2/c1-15(2,3)23-14(22)20-8-6-10(7-9-20)13-18-17-12-5-4-11(16)19-21(12)13/h4-5,10H,6-9H2,1-3H3. The highest BCUT2D eigenvalue weighted by Gasteiger charge is 2.29. The molecule has 1 amide bonds. The zero-order chi connectivity index (χ0) is 16.6. The first-order valence-electron chi connectivity index (χ1n) is 7.69. The van der Waals surface area contributed by atoms with Gasteiger partial charge in [0, 0.05) is 19.0 Å². The topological polar surface area (TPSA) is 72.6 Å². The first kappa shape index (κ1) is 16.0. The molecule has 0 bridgehead atoms. The smallest absolute Gasteiger partial charge is 0.410 e. The minimum Gasteiger partial charge on any atom is -0.444 e. The minimum absolute atomic E-state index is 0.203. The molecule has 0 saturated carbocycles. The zero-order valence-corrected chi connectivity index (χ0v) is 14.2. The number of aromatic nitrogens is 4. The number of hydrogen-bond donors (Lipinski definition) is 0. The van der Waals surface area contributed by atoms with Crippen LogP contribution in [0.15, 0.2) is 12.1 Å². The van der Waals surface area contributed by atoms with Gasteiger partial charge in [0.05, 0.1) is 0 Å². The van der Waals surface area contributed by atoms with Crippen molar-refractivity contribution in [1.29, 1.82) is 0 Å². The molecule has 0 radical (unpaired) electrons. The normalized spacial score (nSPS) is 16.8. The number of piperidine rings is 1. The van der Waals surface area contributed by atoms with Crippen LogP contribution in [0.1, 0.15) is 45.4 Å². The molecule has 1 saturated heterocycles. The molecule has 7 nitrogen and oxygen atoms in total. The van der Waals surface area contributed by atoms with Crippen molar-refractivity contribution in [2.75, 3.05) is 13.1 Å². The monoisotopic (exact) mass is 337 g/mol. The van der Waals surface area contributed by atoms with Gasteiger partial charge in [-0.25, -0.2) is 4.79 Å². The van der Waals surface area contributed by atoms with Gasteiger partial charge in [-0.3, -0.25) is 0 Å². The molecule has 0 aromatic carbocycles. The summed E-state index contributed by atoms with van der Waals surface area (Å²) in [5.41, 5.74) is 0.205. The molecule has 23 heavy (non-hydrogen) atoms. The number of hydrogen-bond acceptors (Lipinski definition) is 5. The van der Waals surface area contributed by atoms with E-state index < -0.39 is 5.60 Å². The van der Waals surface area contributed by atoms with Gasteiger partial charge in [0.25, 0.3) is 0 Å². The Balaban J connectivity index is 1.69. The van der Waals surface area contributed by atoms with Crippen molar-refractivity contribution in [2.45, 2.75) is 45.1 Å². The van der Waals surface area contributed by atoms with E-state index in [1.165, 1.54) is 0 Å². The zero-order valence-electron chi connectivity index (χ0n) is 13.5. The van der Waals surface area contributed by atoms with Gasteiger partial charge in [0.2, 0.25) is 0 Å². The number of likely N-dealkylation sites (tertiary alicyclic amines) is 1. The van der Waals surface area contributed by atoms with Crippen LogP contribution in [0.2, 0.25) is 5.15 Å². The number of rotatable bonds is 1. The third-order valence-corrected chi connectivity index (χ3v) is 3.97. The summed E-state index contributed by atoms with van der Waals surface area (Å²) in [5, 5.41) is 13.0. The first-order valence-corrected chi connectivity index (χ1v) is 8.07. The number of nitrogens with zero attached hydrogens (tertiary/aromatic N) is 5. The second kappa shape index (κ2) is 5.96. The molecule has 0 spiro atoms. The summed E-state index contributed by atoms with van der Waals surface area (Å²) >= 11 is 5.96. The summed E-state index contributed by atoms with van der Waals surface area (Å²) in [4.78, 5) is 13.8. The van der Waals surface area contributed by atoms with E-state index in [0.717, 1.165) is 18.7 Å². The van der Waals surface area contributed by atoms with Crippen molar-refractivity contribution in [3.05, 3.63) is 23.1 Å². The van der Waals surface area contributed by atoms with Crippen molar-refractivity contribution in [2.24, 2.45) is 0 Å². The second-order valence-electron chi connectivity index (χ2n) is 6.73. The average molecular weight is 338 g/mol. The highest BCUT2D eigenvalue weighted by Crippen LogP contribution is 2.27. The van der Waals surface area contributed by atoms with E-state index in [-0.39, 0.29) is 12.0 Å². The fourth-order valence-electron chi connectivity index (χ4n) is 2.68. The molecule has 1 aliphatic rings. The van der Waals surface area contributed by atoms with Crippen molar-refractivity contribution in [1.82, 2.24) is 24.7 Å². The maximum absolute atomic E-state index is 12.1. The van der Waals surface area contributed by atoms with Gasteiger partial charge in [-0.05, 0) is 45.7 Å². The van der Waals surface area contributed by atoms with E-state index in [2.05, 4.69) is 15.3 Å². The number of halogens is 1. The summed E-state index contributed by atoms with van der Waals surface area (Å²) in [5.74, 6) is 1.00. The Morgan fingerprint density at radius 1 is 1.26 bits per heavy atom. The Bertz CT molecular complexity index is 716. The van der Waals surface area contributed by atoms with Crippen LogP contribution in [0.25, 0.3) is 5.65 Å². The van der Waals surface area contributed by atoms with Gasteiger partial charge in [-0.15, -0.1) is 10.2 Å². The summed E-state index contributed by atoms with van der Waals surface area (Å²) in [6, 6.07) is 3.49. The largest absolute Gasteiger partial charge is 0.444 e. The van der Waals surface area contributed by atoms with Crippen LogP contribution in [-0.2, 0) is 4.74 Å². The lowest BCUT2D eigenvalue weighted by Crippen LogP contribution is -2.41. The van der Waals surface area contributed by atoms with E-state index in [9.17, 15) is 4.79 Å². The number of carbonyl (C=O) groups is 1. The van der Waals surface area contributed by atoms with Gasteiger partial charge >= 0.3 is 6.09 Å². The molecule has 3 rings (SSSR count). The van der Waals surface area contributed by atoms with E-state index in [1.54, 1.807) is 21.5 Å². The molecule has 0 N–H and O–H groups in total. The Kier molecular flexibility index (Phi) is 4.14. The highest BCUT2D eigenvalue weighted by molar-refractivity contribution is 6.29. The van der Waals surface area contributed by atoms with Crippen LogP contribution in [0.3, 0.4) is 0 Å². The number of carbonyl (C=O) groups excluding carboxylic acids is 1. The lowest BCUT2D eigenvalue weighted by atomic mass is 9.96. The molecule has 3 heterocycles. The average Bonchev–Trinajstić information content (AvgIpc) is 2.88. The van der Waals surface area contributed by atoms with E-state index in [0.29, 0.717) is 23.9 Å².